The van der Waals surface area contributed by atoms with Gasteiger partial charge in [0.05, 0.1) is 18.2 Å². The zero-order valence-electron chi connectivity index (χ0n) is 26.9. The molecular formula is C32H42ClN7O7. The summed E-state index contributed by atoms with van der Waals surface area (Å²) in [7, 11) is 3.00. The summed E-state index contributed by atoms with van der Waals surface area (Å²) < 4.78 is 1.55. The van der Waals surface area contributed by atoms with Crippen LogP contribution in [-0.2, 0) is 37.4 Å². The maximum absolute atomic E-state index is 14.4. The second-order valence-electron chi connectivity index (χ2n) is 12.5. The van der Waals surface area contributed by atoms with Gasteiger partial charge in [-0.05, 0) is 30.4 Å². The molecule has 5 atom stereocenters. The van der Waals surface area contributed by atoms with Crippen molar-refractivity contribution in [1.29, 1.82) is 0 Å². The Morgan fingerprint density at radius 3 is 2.28 bits per heavy atom. The van der Waals surface area contributed by atoms with Gasteiger partial charge < -0.3 is 40.7 Å². The number of likely N-dealkylation sites (N-methyl/N-ethyl adjacent to an activating group) is 1. The molecule has 0 saturated carbocycles. The number of aliphatic hydroxyl groups excluding tert-OH is 1. The molecule has 2 aliphatic rings. The van der Waals surface area contributed by atoms with Crippen LogP contribution in [0.25, 0.3) is 0 Å². The average Bonchev–Trinajstić information content (AvgIpc) is 3.60. The second-order valence-corrected chi connectivity index (χ2v) is 12.9. The normalized spacial score (nSPS) is 24.7. The summed E-state index contributed by atoms with van der Waals surface area (Å²) in [6, 6.07) is 5.10. The van der Waals surface area contributed by atoms with E-state index in [1.807, 2.05) is 19.9 Å². The molecular weight excluding hydrogens is 630 g/mol. The lowest BCUT2D eigenvalue weighted by molar-refractivity contribution is -0.143. The van der Waals surface area contributed by atoms with Crippen LogP contribution in [0.1, 0.15) is 42.7 Å². The first kappa shape index (κ1) is 35.4. The van der Waals surface area contributed by atoms with Crippen molar-refractivity contribution in [3.63, 3.8) is 0 Å². The third-order valence-corrected chi connectivity index (χ3v) is 8.44. The highest BCUT2D eigenvalue weighted by Gasteiger charge is 2.44. The zero-order valence-corrected chi connectivity index (χ0v) is 27.6. The van der Waals surface area contributed by atoms with Crippen LogP contribution in [0.2, 0.25) is 5.02 Å². The van der Waals surface area contributed by atoms with Gasteiger partial charge in [-0.15, -0.1) is 0 Å². The third-order valence-electron chi connectivity index (χ3n) is 8.24. The molecule has 0 bridgehead atoms. The van der Waals surface area contributed by atoms with E-state index in [9.17, 15) is 33.9 Å². The molecule has 5 N–H and O–H groups in total. The number of aryl methyl sites for hydroxylation is 1. The molecule has 2 aliphatic heterocycles. The van der Waals surface area contributed by atoms with E-state index in [4.69, 9.17) is 11.6 Å². The molecule has 1 aromatic carbocycles. The number of carbonyl (C=O) groups is 6. The highest BCUT2D eigenvalue weighted by Crippen LogP contribution is 2.23. The van der Waals surface area contributed by atoms with E-state index in [0.29, 0.717) is 5.02 Å². The van der Waals surface area contributed by atoms with Gasteiger partial charge in [0.15, 0.2) is 0 Å². The number of aliphatic hydroxyl groups is 1. The van der Waals surface area contributed by atoms with E-state index in [2.05, 4.69) is 21.3 Å². The first-order chi connectivity index (χ1) is 22.3. The molecule has 2 saturated heterocycles. The molecule has 0 spiro atoms. The van der Waals surface area contributed by atoms with Gasteiger partial charge in [-0.25, -0.2) is 0 Å². The highest BCUT2D eigenvalue weighted by atomic mass is 35.5. The minimum absolute atomic E-state index is 0.00827. The summed E-state index contributed by atoms with van der Waals surface area (Å²) in [6.45, 7) is 2.48. The quantitative estimate of drug-likeness (QED) is 0.265. The minimum Gasteiger partial charge on any atom is -0.394 e. The number of carbonyl (C=O) groups excluding carboxylic acids is 6. The van der Waals surface area contributed by atoms with Crippen molar-refractivity contribution in [3.8, 4) is 0 Å². The fourth-order valence-electron chi connectivity index (χ4n) is 5.92. The largest absolute Gasteiger partial charge is 0.394 e. The van der Waals surface area contributed by atoms with Crippen LogP contribution < -0.4 is 21.3 Å². The number of hydrogen-bond donors (Lipinski definition) is 5. The summed E-state index contributed by atoms with van der Waals surface area (Å²) in [4.78, 5) is 83.5. The van der Waals surface area contributed by atoms with Gasteiger partial charge in [-0.2, -0.15) is 0 Å². The van der Waals surface area contributed by atoms with Crippen LogP contribution >= 0.6 is 11.6 Å². The van der Waals surface area contributed by atoms with E-state index < -0.39 is 78.8 Å². The third kappa shape index (κ3) is 8.89. The summed E-state index contributed by atoms with van der Waals surface area (Å²) in [5.74, 6) is -3.75. The summed E-state index contributed by atoms with van der Waals surface area (Å²) >= 11 is 6.07. The van der Waals surface area contributed by atoms with E-state index in [0.717, 1.165) is 10.5 Å². The second kappa shape index (κ2) is 15.4. The number of aromatic nitrogens is 1. The molecule has 0 aliphatic carbocycles. The monoisotopic (exact) mass is 671 g/mol. The molecule has 4 rings (SSSR count). The molecule has 2 aromatic rings. The Kier molecular flexibility index (Phi) is 11.6. The summed E-state index contributed by atoms with van der Waals surface area (Å²) in [6.07, 6.45) is 1.90. The topological polar surface area (TPSA) is 182 Å². The number of rotatable bonds is 7. The van der Waals surface area contributed by atoms with Gasteiger partial charge in [0.25, 0.3) is 5.91 Å². The lowest BCUT2D eigenvalue weighted by Crippen LogP contribution is -2.58. The van der Waals surface area contributed by atoms with Gasteiger partial charge in [0.2, 0.25) is 29.5 Å². The number of nitrogens with zero attached hydrogens (tertiary/aromatic N) is 3. The summed E-state index contributed by atoms with van der Waals surface area (Å²) in [5, 5.41) is 21.3. The van der Waals surface area contributed by atoms with Crippen LogP contribution in [0.15, 0.2) is 42.6 Å². The van der Waals surface area contributed by atoms with Gasteiger partial charge in [-0.3, -0.25) is 28.8 Å². The van der Waals surface area contributed by atoms with E-state index in [1.54, 1.807) is 42.1 Å². The smallest absolute Gasteiger partial charge is 0.268 e. The van der Waals surface area contributed by atoms with Crippen molar-refractivity contribution in [2.24, 2.45) is 13.0 Å². The molecule has 47 heavy (non-hydrogen) atoms. The van der Waals surface area contributed by atoms with Crippen LogP contribution in [0.4, 0.5) is 0 Å². The zero-order chi connectivity index (χ0) is 34.4. The van der Waals surface area contributed by atoms with Crippen molar-refractivity contribution in [2.75, 3.05) is 26.7 Å². The van der Waals surface area contributed by atoms with Crippen LogP contribution in [-0.4, -0.2) is 112 Å². The van der Waals surface area contributed by atoms with E-state index in [1.165, 1.54) is 18.0 Å². The molecule has 15 heteroatoms. The molecule has 14 nitrogen and oxygen atoms in total. The van der Waals surface area contributed by atoms with E-state index in [-0.39, 0.29) is 37.4 Å². The van der Waals surface area contributed by atoms with Gasteiger partial charge in [0, 0.05) is 39.3 Å². The van der Waals surface area contributed by atoms with E-state index >= 15 is 0 Å². The highest BCUT2D eigenvalue weighted by molar-refractivity contribution is 6.31. The predicted octanol–water partition coefficient (Wildman–Crippen LogP) is -0.415. The Hall–Kier alpha value is -4.43. The Morgan fingerprint density at radius 1 is 0.979 bits per heavy atom. The molecule has 6 amide bonds. The lowest BCUT2D eigenvalue weighted by atomic mass is 10.0. The lowest BCUT2D eigenvalue weighted by Gasteiger charge is -2.30. The maximum atomic E-state index is 14.4. The number of benzene rings is 1. The predicted molar refractivity (Wildman–Crippen MR) is 172 cm³/mol. The Morgan fingerprint density at radius 2 is 1.66 bits per heavy atom. The Balaban J connectivity index is 1.72. The first-order valence-electron chi connectivity index (χ1n) is 15.5. The number of fused-ring (bicyclic) bond motifs is 1. The van der Waals surface area contributed by atoms with Crippen molar-refractivity contribution in [1.82, 2.24) is 35.6 Å². The molecule has 254 valence electrons. The SMILES string of the molecule is CC(C)C[C@@H]1NC(=O)CN(C)C(=O)[C@H](CO)NC(=O)[C@@H]2C[C@H](NC(=O)c3cc(Cl)cn3C)CN2C(=O)[C@H](Cc2ccccc2)NC1=O. The fourth-order valence-corrected chi connectivity index (χ4v) is 6.17. The number of amides is 6. The molecule has 0 unspecified atom stereocenters. The van der Waals surface area contributed by atoms with Gasteiger partial charge in [-0.1, -0.05) is 55.8 Å². The number of halogens is 1. The van der Waals surface area contributed by atoms with Gasteiger partial charge in [0.1, 0.15) is 29.9 Å². The minimum atomic E-state index is -1.41. The van der Waals surface area contributed by atoms with Crippen molar-refractivity contribution >= 4 is 47.0 Å². The van der Waals surface area contributed by atoms with Crippen molar-refractivity contribution in [3.05, 3.63) is 58.9 Å². The molecule has 0 radical (unpaired) electrons. The molecule has 1 aromatic heterocycles. The summed E-state index contributed by atoms with van der Waals surface area (Å²) in [5.41, 5.74) is 1.02. The van der Waals surface area contributed by atoms with Crippen molar-refractivity contribution < 1.29 is 33.9 Å². The molecule has 3 heterocycles. The average molecular weight is 672 g/mol. The van der Waals surface area contributed by atoms with Crippen LogP contribution in [0, 0.1) is 5.92 Å². The first-order valence-corrected chi connectivity index (χ1v) is 15.9. The van der Waals surface area contributed by atoms with Gasteiger partial charge >= 0.3 is 0 Å². The maximum Gasteiger partial charge on any atom is 0.268 e. The Bertz CT molecular complexity index is 1500. The Labute approximate surface area is 278 Å². The number of nitrogens with one attached hydrogen (secondary N) is 4. The molecule has 2 fully saturated rings. The van der Waals surface area contributed by atoms with Crippen LogP contribution in [0.3, 0.4) is 0 Å². The van der Waals surface area contributed by atoms with Crippen LogP contribution in [0.5, 0.6) is 0 Å². The standard InChI is InChI=1S/C32H42ClN7O7/c1-18(2)10-22-28(43)36-23(11-19-8-6-5-7-9-19)32(47)40-15-21(34-29(44)25-12-20(33)14-38(25)3)13-26(40)30(45)37-24(17-41)31(46)39(4)16-27(42)35-22/h5-9,12,14,18,21-24,26,41H,10-11,13,15-17H2,1-4H3,(H,34,44)(H,35,42)(H,36,43)(H,37,45)/t21-,22-,23-,24-,26-/m0/s1. The number of hydrogen-bond acceptors (Lipinski definition) is 7. The fraction of sp³-hybridized carbons (Fsp3) is 0.500. The van der Waals surface area contributed by atoms with Crippen molar-refractivity contribution in [2.45, 2.75) is 63.3 Å².